The van der Waals surface area contributed by atoms with Gasteiger partial charge in [-0.2, -0.15) is 0 Å². The second-order valence-corrected chi connectivity index (χ2v) is 15.3. The van der Waals surface area contributed by atoms with E-state index in [1.807, 2.05) is 0 Å². The van der Waals surface area contributed by atoms with Crippen LogP contribution in [0.5, 0.6) is 0 Å². The van der Waals surface area contributed by atoms with E-state index in [1.54, 1.807) is 0 Å². The Morgan fingerprint density at radius 2 is 1.50 bits per heavy atom. The number of esters is 1. The molecule has 6 nitrogen and oxygen atoms in total. The zero-order valence-corrected chi connectivity index (χ0v) is 32.9. The molecular formula is C44H72N2O4. The highest BCUT2D eigenvalue weighted by atomic mass is 16.5. The van der Waals surface area contributed by atoms with Crippen LogP contribution in [-0.4, -0.2) is 62.8 Å². The smallest absolute Gasteiger partial charge is 0.306 e. The average molecular weight is 693 g/mol. The summed E-state index contributed by atoms with van der Waals surface area (Å²) in [5, 5.41) is 2.96. The third-order valence-corrected chi connectivity index (χ3v) is 9.77. The van der Waals surface area contributed by atoms with Crippen molar-refractivity contribution in [2.75, 3.05) is 46.0 Å². The summed E-state index contributed by atoms with van der Waals surface area (Å²) in [6, 6.07) is 0. The molecule has 1 amide bonds. The zero-order valence-electron chi connectivity index (χ0n) is 32.9. The van der Waals surface area contributed by atoms with Crippen LogP contribution in [0.4, 0.5) is 0 Å². The molecule has 1 N–H and O–H groups in total. The third kappa shape index (κ3) is 22.2. The van der Waals surface area contributed by atoms with Gasteiger partial charge in [-0.3, -0.25) is 14.5 Å². The summed E-state index contributed by atoms with van der Waals surface area (Å²) in [5.74, 6) is 0.450. The van der Waals surface area contributed by atoms with Crippen LogP contribution in [0.3, 0.4) is 0 Å². The van der Waals surface area contributed by atoms with E-state index in [4.69, 9.17) is 9.47 Å². The van der Waals surface area contributed by atoms with Gasteiger partial charge in [-0.1, -0.05) is 70.4 Å². The number of rotatable bonds is 24. The Labute approximate surface area is 306 Å². The molecule has 0 unspecified atom stereocenters. The molecule has 1 saturated heterocycles. The number of hydrogen-bond acceptors (Lipinski definition) is 5. The minimum atomic E-state index is -0.270. The van der Waals surface area contributed by atoms with Crippen LogP contribution in [-0.2, 0) is 19.1 Å². The van der Waals surface area contributed by atoms with E-state index in [1.165, 1.54) is 33.4 Å². The molecule has 0 bridgehead atoms. The van der Waals surface area contributed by atoms with E-state index in [0.717, 1.165) is 116 Å². The lowest BCUT2D eigenvalue weighted by atomic mass is 9.79. The molecule has 0 aromatic carbocycles. The largest absolute Gasteiger partial charge is 0.465 e. The van der Waals surface area contributed by atoms with Crippen molar-refractivity contribution in [2.45, 2.75) is 138 Å². The van der Waals surface area contributed by atoms with Crippen molar-refractivity contribution in [3.63, 3.8) is 0 Å². The lowest BCUT2D eigenvalue weighted by molar-refractivity contribution is -0.146. The number of carbonyl (C=O) groups is 2. The van der Waals surface area contributed by atoms with Gasteiger partial charge in [0.15, 0.2) is 0 Å². The zero-order chi connectivity index (χ0) is 36.6. The first-order chi connectivity index (χ1) is 24.0. The Bertz CT molecular complexity index is 1180. The predicted molar refractivity (Wildman–Crippen MR) is 211 cm³/mol. The topological polar surface area (TPSA) is 67.9 Å². The fourth-order valence-corrected chi connectivity index (χ4v) is 6.73. The average Bonchev–Trinajstić information content (AvgIpc) is 3.07. The fraction of sp³-hybridized carbons (Fsp3) is 0.682. The van der Waals surface area contributed by atoms with E-state index in [-0.39, 0.29) is 24.7 Å². The van der Waals surface area contributed by atoms with Gasteiger partial charge in [-0.05, 0) is 143 Å². The molecule has 2 rings (SSSR count). The highest BCUT2D eigenvalue weighted by Gasteiger charge is 2.24. The fourth-order valence-electron chi connectivity index (χ4n) is 6.73. The molecule has 0 aromatic heterocycles. The summed E-state index contributed by atoms with van der Waals surface area (Å²) in [7, 11) is 0. The predicted octanol–water partition coefficient (Wildman–Crippen LogP) is 10.4. The minimum Gasteiger partial charge on any atom is -0.465 e. The number of allylic oxidation sites excluding steroid dienone is 11. The summed E-state index contributed by atoms with van der Waals surface area (Å²) in [5.41, 5.74) is 8.52. The molecular weight excluding hydrogens is 620 g/mol. The van der Waals surface area contributed by atoms with E-state index in [9.17, 15) is 9.59 Å². The number of nitrogens with one attached hydrogen (secondary N) is 1. The van der Waals surface area contributed by atoms with Crippen LogP contribution in [0.15, 0.2) is 70.4 Å². The van der Waals surface area contributed by atoms with Gasteiger partial charge >= 0.3 is 5.97 Å². The summed E-state index contributed by atoms with van der Waals surface area (Å²) in [6.07, 6.45) is 26.0. The Morgan fingerprint density at radius 1 is 0.860 bits per heavy atom. The molecule has 1 heterocycles. The van der Waals surface area contributed by atoms with Crippen molar-refractivity contribution in [3.8, 4) is 0 Å². The molecule has 0 saturated carbocycles. The second-order valence-electron chi connectivity index (χ2n) is 15.3. The summed E-state index contributed by atoms with van der Waals surface area (Å²) >= 11 is 0. The lowest BCUT2D eigenvalue weighted by Crippen LogP contribution is -2.38. The van der Waals surface area contributed by atoms with E-state index >= 15 is 0 Å². The van der Waals surface area contributed by atoms with Gasteiger partial charge in [-0.25, -0.2) is 0 Å². The molecule has 2 aliphatic rings. The van der Waals surface area contributed by atoms with Crippen molar-refractivity contribution in [1.29, 1.82) is 0 Å². The van der Waals surface area contributed by atoms with E-state index < -0.39 is 0 Å². The number of nitrogens with zero attached hydrogens (tertiary/aromatic N) is 1. The van der Waals surface area contributed by atoms with Crippen molar-refractivity contribution >= 4 is 11.9 Å². The maximum absolute atomic E-state index is 12.7. The van der Waals surface area contributed by atoms with Crippen LogP contribution in [0, 0.1) is 11.8 Å². The molecule has 0 spiro atoms. The first-order valence-corrected chi connectivity index (χ1v) is 19.7. The first-order valence-electron chi connectivity index (χ1n) is 19.7. The van der Waals surface area contributed by atoms with Crippen molar-refractivity contribution in [2.24, 2.45) is 11.8 Å². The molecule has 6 heteroatoms. The first kappa shape index (κ1) is 43.5. The van der Waals surface area contributed by atoms with Crippen LogP contribution in [0.25, 0.3) is 0 Å². The van der Waals surface area contributed by atoms with Gasteiger partial charge < -0.3 is 14.8 Å². The highest BCUT2D eigenvalue weighted by Crippen LogP contribution is 2.34. The van der Waals surface area contributed by atoms with Gasteiger partial charge in [0.25, 0.3) is 0 Å². The Morgan fingerprint density at radius 3 is 2.16 bits per heavy atom. The maximum atomic E-state index is 12.7. The molecule has 0 aromatic rings. The maximum Gasteiger partial charge on any atom is 0.306 e. The van der Waals surface area contributed by atoms with Gasteiger partial charge in [0.05, 0.1) is 26.2 Å². The van der Waals surface area contributed by atoms with Crippen LogP contribution < -0.4 is 5.32 Å². The van der Waals surface area contributed by atoms with Crippen molar-refractivity contribution in [3.05, 3.63) is 70.4 Å². The minimum absolute atomic E-state index is 0.0781. The van der Waals surface area contributed by atoms with Gasteiger partial charge in [-0.15, -0.1) is 0 Å². The molecule has 1 aliphatic carbocycles. The van der Waals surface area contributed by atoms with Crippen molar-refractivity contribution in [1.82, 2.24) is 10.2 Å². The SMILES string of the molecule is C=C(CC/C=C(\C)CCC=C(C)C)CC[C@H]1C=C(CC/C=C(\C)CCC=C(C)C)C[C@@H](COC(=O)CCC(=O)NCCCN2CCOCC2)C1. The van der Waals surface area contributed by atoms with Gasteiger partial charge in [0, 0.05) is 26.1 Å². The van der Waals surface area contributed by atoms with Gasteiger partial charge in [0.1, 0.15) is 0 Å². The number of hydrogen-bond donors (Lipinski definition) is 1. The molecule has 0 radical (unpaired) electrons. The second kappa shape index (κ2) is 26.1. The van der Waals surface area contributed by atoms with E-state index in [0.29, 0.717) is 25.0 Å². The molecule has 1 aliphatic heterocycles. The summed E-state index contributed by atoms with van der Waals surface area (Å²) in [4.78, 5) is 27.3. The standard InChI is InChI=1S/C44H72N2O4/c1-35(2)13-8-15-37(5)17-10-18-39(7)21-22-41-31-40(20-11-19-38(6)16-9-14-36(3)4)32-42(33-41)34-50-44(48)24-23-43(47)45-25-12-26-46-27-29-49-30-28-46/h13-14,17,19,31,41-42H,7-12,15-16,18,20-30,32-34H2,1-6H3,(H,45,47)/b37-17+,38-19+/t41-,42+/m0/s1. The molecule has 1 fully saturated rings. The summed E-state index contributed by atoms with van der Waals surface area (Å²) in [6.45, 7) is 23.1. The van der Waals surface area contributed by atoms with E-state index in [2.05, 4.69) is 88.7 Å². The number of amides is 1. The Kier molecular flexibility index (Phi) is 22.7. The van der Waals surface area contributed by atoms with Crippen LogP contribution in [0.2, 0.25) is 0 Å². The Hall–Kier alpha value is -2.70. The number of carbonyl (C=O) groups excluding carboxylic acids is 2. The third-order valence-electron chi connectivity index (χ3n) is 9.77. The molecule has 50 heavy (non-hydrogen) atoms. The highest BCUT2D eigenvalue weighted by molar-refractivity contribution is 5.81. The number of ether oxygens (including phenoxy) is 2. The molecule has 2 atom stereocenters. The quantitative estimate of drug-likeness (QED) is 0.0620. The van der Waals surface area contributed by atoms with Gasteiger partial charge in [0.2, 0.25) is 5.91 Å². The monoisotopic (exact) mass is 693 g/mol. The summed E-state index contributed by atoms with van der Waals surface area (Å²) < 4.78 is 11.2. The Balaban J connectivity index is 1.81. The van der Waals surface area contributed by atoms with Crippen LogP contribution in [0.1, 0.15) is 138 Å². The van der Waals surface area contributed by atoms with Crippen LogP contribution >= 0.6 is 0 Å². The lowest BCUT2D eigenvalue weighted by Gasteiger charge is -2.29. The normalized spacial score (nSPS) is 18.6. The van der Waals surface area contributed by atoms with Crippen molar-refractivity contribution < 1.29 is 19.1 Å². The number of morpholine rings is 1. The molecule has 282 valence electrons.